The highest BCUT2D eigenvalue weighted by atomic mass is 15.4. The van der Waals surface area contributed by atoms with Gasteiger partial charge in [-0.15, -0.1) is 5.10 Å². The summed E-state index contributed by atoms with van der Waals surface area (Å²) in [6, 6.07) is 0.284. The van der Waals surface area contributed by atoms with E-state index in [1.807, 2.05) is 13.2 Å². The van der Waals surface area contributed by atoms with Gasteiger partial charge >= 0.3 is 0 Å². The molecule has 0 spiro atoms. The second-order valence-corrected chi connectivity index (χ2v) is 7.26. The summed E-state index contributed by atoms with van der Waals surface area (Å²) in [7, 11) is 1.92. The van der Waals surface area contributed by atoms with Crippen LogP contribution in [0.3, 0.4) is 0 Å². The molecule has 4 aliphatic rings. The highest BCUT2D eigenvalue weighted by molar-refractivity contribution is 5.04. The van der Waals surface area contributed by atoms with Gasteiger partial charge in [0.05, 0.1) is 5.69 Å². The Bertz CT molecular complexity index is 438. The largest absolute Gasteiger partial charge is 0.327 e. The molecule has 4 saturated carbocycles. The Morgan fingerprint density at radius 1 is 1.21 bits per heavy atom. The third kappa shape index (κ3) is 2.00. The standard InChI is InChI=1S/C15H24N4/c1-19-8-13(17-18-19)7-14(16)15-11-3-9-2-10(5-11)6-12(15)4-9/h8-12,14-15H,2-7,16H2,1H3. The van der Waals surface area contributed by atoms with Crippen molar-refractivity contribution in [1.29, 1.82) is 0 Å². The molecular formula is C15H24N4. The van der Waals surface area contributed by atoms with Crippen molar-refractivity contribution < 1.29 is 0 Å². The zero-order chi connectivity index (χ0) is 13.0. The van der Waals surface area contributed by atoms with Gasteiger partial charge in [0.15, 0.2) is 0 Å². The Kier molecular flexibility index (Phi) is 2.69. The van der Waals surface area contributed by atoms with Crippen molar-refractivity contribution in [2.45, 2.75) is 44.6 Å². The van der Waals surface area contributed by atoms with E-state index in [-0.39, 0.29) is 6.04 Å². The van der Waals surface area contributed by atoms with Gasteiger partial charge in [-0.2, -0.15) is 0 Å². The minimum Gasteiger partial charge on any atom is -0.327 e. The van der Waals surface area contributed by atoms with E-state index in [2.05, 4.69) is 10.3 Å². The van der Waals surface area contributed by atoms with Crippen LogP contribution in [0.5, 0.6) is 0 Å². The van der Waals surface area contributed by atoms with Gasteiger partial charge in [0.1, 0.15) is 0 Å². The van der Waals surface area contributed by atoms with E-state index in [9.17, 15) is 0 Å². The molecule has 5 rings (SSSR count). The smallest absolute Gasteiger partial charge is 0.0842 e. The first-order valence-corrected chi connectivity index (χ1v) is 7.80. The average molecular weight is 260 g/mol. The number of hydrogen-bond donors (Lipinski definition) is 1. The van der Waals surface area contributed by atoms with Crippen molar-refractivity contribution in [2.24, 2.45) is 42.4 Å². The molecule has 2 N–H and O–H groups in total. The first kappa shape index (κ1) is 11.9. The van der Waals surface area contributed by atoms with Gasteiger partial charge in [0, 0.05) is 25.7 Å². The summed E-state index contributed by atoms with van der Waals surface area (Å²) in [6.45, 7) is 0. The zero-order valence-corrected chi connectivity index (χ0v) is 11.7. The molecule has 4 fully saturated rings. The number of nitrogens with zero attached hydrogens (tertiary/aromatic N) is 3. The van der Waals surface area contributed by atoms with E-state index in [0.29, 0.717) is 0 Å². The summed E-state index contributed by atoms with van der Waals surface area (Å²) in [6.07, 6.45) is 10.2. The minimum atomic E-state index is 0.284. The van der Waals surface area contributed by atoms with E-state index < -0.39 is 0 Å². The average Bonchev–Trinajstić information content (AvgIpc) is 2.73. The maximum atomic E-state index is 6.56. The lowest BCUT2D eigenvalue weighted by Crippen LogP contribution is -2.52. The molecule has 1 aromatic heterocycles. The first-order chi connectivity index (χ1) is 9.19. The number of aromatic nitrogens is 3. The molecule has 0 aliphatic heterocycles. The van der Waals surface area contributed by atoms with Gasteiger partial charge in [-0.1, -0.05) is 5.21 Å². The lowest BCUT2D eigenvalue weighted by molar-refractivity contribution is -0.0465. The van der Waals surface area contributed by atoms with Gasteiger partial charge in [-0.3, -0.25) is 4.68 Å². The Balaban J connectivity index is 1.49. The molecule has 4 heteroatoms. The molecular weight excluding hydrogens is 236 g/mol. The van der Waals surface area contributed by atoms with Crippen LogP contribution in [0.15, 0.2) is 6.20 Å². The molecule has 0 radical (unpaired) electrons. The van der Waals surface area contributed by atoms with Crippen LogP contribution in [0, 0.1) is 29.6 Å². The van der Waals surface area contributed by atoms with Crippen LogP contribution in [0.25, 0.3) is 0 Å². The highest BCUT2D eigenvalue weighted by Crippen LogP contribution is 2.57. The van der Waals surface area contributed by atoms with E-state index in [4.69, 9.17) is 5.73 Å². The van der Waals surface area contributed by atoms with Crippen molar-refractivity contribution in [2.75, 3.05) is 0 Å². The Morgan fingerprint density at radius 3 is 2.37 bits per heavy atom. The predicted octanol–water partition coefficient (Wildman–Crippen LogP) is 1.76. The van der Waals surface area contributed by atoms with Gasteiger partial charge in [-0.05, 0) is 61.7 Å². The van der Waals surface area contributed by atoms with Crippen molar-refractivity contribution in [3.8, 4) is 0 Å². The van der Waals surface area contributed by atoms with Crippen LogP contribution in [-0.4, -0.2) is 21.0 Å². The van der Waals surface area contributed by atoms with Crippen molar-refractivity contribution >= 4 is 0 Å². The number of hydrogen-bond acceptors (Lipinski definition) is 3. The van der Waals surface area contributed by atoms with Crippen LogP contribution in [0.1, 0.15) is 37.8 Å². The Morgan fingerprint density at radius 2 is 1.84 bits per heavy atom. The molecule has 0 aromatic carbocycles. The first-order valence-electron chi connectivity index (χ1n) is 7.80. The maximum absolute atomic E-state index is 6.56. The van der Waals surface area contributed by atoms with E-state index in [0.717, 1.165) is 41.7 Å². The summed E-state index contributed by atoms with van der Waals surface area (Å²) in [5, 5.41) is 8.22. The number of nitrogens with two attached hydrogens (primary N) is 1. The van der Waals surface area contributed by atoms with Gasteiger partial charge in [0.25, 0.3) is 0 Å². The lowest BCUT2D eigenvalue weighted by Gasteiger charge is -2.56. The summed E-state index contributed by atoms with van der Waals surface area (Å²) < 4.78 is 1.78. The number of aryl methyl sites for hydroxylation is 1. The molecule has 4 nitrogen and oxygen atoms in total. The molecule has 0 amide bonds. The van der Waals surface area contributed by atoms with Gasteiger partial charge in [0.2, 0.25) is 0 Å². The normalized spacial score (nSPS) is 41.7. The maximum Gasteiger partial charge on any atom is 0.0842 e. The third-order valence-electron chi connectivity index (χ3n) is 5.89. The van der Waals surface area contributed by atoms with E-state index in [1.54, 1.807) is 4.68 Å². The molecule has 0 saturated heterocycles. The zero-order valence-electron chi connectivity index (χ0n) is 11.7. The van der Waals surface area contributed by atoms with Crippen LogP contribution < -0.4 is 5.73 Å². The van der Waals surface area contributed by atoms with Gasteiger partial charge < -0.3 is 5.73 Å². The van der Waals surface area contributed by atoms with Crippen LogP contribution >= 0.6 is 0 Å². The molecule has 1 aromatic rings. The van der Waals surface area contributed by atoms with Crippen molar-refractivity contribution in [3.05, 3.63) is 11.9 Å². The Hall–Kier alpha value is -0.900. The molecule has 104 valence electrons. The second-order valence-electron chi connectivity index (χ2n) is 7.26. The van der Waals surface area contributed by atoms with Crippen LogP contribution in [0.4, 0.5) is 0 Å². The fourth-order valence-electron chi connectivity index (χ4n) is 5.53. The molecule has 19 heavy (non-hydrogen) atoms. The predicted molar refractivity (Wildman–Crippen MR) is 73.2 cm³/mol. The molecule has 1 atom stereocenters. The summed E-state index contributed by atoms with van der Waals surface area (Å²) in [5.74, 6) is 4.62. The topological polar surface area (TPSA) is 56.7 Å². The molecule has 1 heterocycles. The SMILES string of the molecule is Cn1cc(CC(N)C2C3CC4CC(C3)CC2C4)nn1. The van der Waals surface area contributed by atoms with Crippen molar-refractivity contribution in [3.63, 3.8) is 0 Å². The third-order valence-corrected chi connectivity index (χ3v) is 5.89. The van der Waals surface area contributed by atoms with Crippen LogP contribution in [-0.2, 0) is 13.5 Å². The van der Waals surface area contributed by atoms with E-state index >= 15 is 0 Å². The second kappa shape index (κ2) is 4.30. The van der Waals surface area contributed by atoms with Crippen molar-refractivity contribution in [1.82, 2.24) is 15.0 Å². The fraction of sp³-hybridized carbons (Fsp3) is 0.867. The molecule has 4 bridgehead atoms. The Labute approximate surface area is 114 Å². The van der Waals surface area contributed by atoms with E-state index in [1.165, 1.54) is 32.1 Å². The minimum absolute atomic E-state index is 0.284. The number of rotatable bonds is 3. The van der Waals surface area contributed by atoms with Gasteiger partial charge in [-0.25, -0.2) is 0 Å². The molecule has 4 aliphatic carbocycles. The highest BCUT2D eigenvalue weighted by Gasteiger charge is 2.49. The quantitative estimate of drug-likeness (QED) is 0.901. The van der Waals surface area contributed by atoms with Crippen LogP contribution in [0.2, 0.25) is 0 Å². The monoisotopic (exact) mass is 260 g/mol. The summed E-state index contributed by atoms with van der Waals surface area (Å²) in [5.41, 5.74) is 7.62. The molecule has 1 unspecified atom stereocenters. The lowest BCUT2D eigenvalue weighted by atomic mass is 9.50. The fourth-order valence-corrected chi connectivity index (χ4v) is 5.53. The summed E-state index contributed by atoms with van der Waals surface area (Å²) >= 11 is 0. The summed E-state index contributed by atoms with van der Waals surface area (Å²) in [4.78, 5) is 0.